The van der Waals surface area contributed by atoms with Gasteiger partial charge in [-0.1, -0.05) is 16.7 Å². The molecule has 0 aliphatic rings. The van der Waals surface area contributed by atoms with Gasteiger partial charge < -0.3 is 4.74 Å². The maximum atomic E-state index is 8.14. The lowest BCUT2D eigenvalue weighted by molar-refractivity contribution is 0.327. The van der Waals surface area contributed by atoms with Crippen LogP contribution in [0.15, 0.2) is 17.4 Å². The van der Waals surface area contributed by atoms with Crippen LogP contribution in [-0.4, -0.2) is 11.6 Å². The summed E-state index contributed by atoms with van der Waals surface area (Å²) >= 11 is 5.77. The maximum absolute atomic E-state index is 8.14. The molecule has 13 heavy (non-hydrogen) atoms. The maximum Gasteiger partial charge on any atom is 0.232 e. The topological polar surface area (TPSA) is 70.9 Å². The van der Waals surface area contributed by atoms with E-state index in [9.17, 15) is 0 Å². The molecule has 1 rings (SSSR count). The monoisotopic (exact) mass is 198 g/mol. The van der Waals surface area contributed by atoms with Crippen LogP contribution in [0.2, 0.25) is 5.02 Å². The molecular formula is C7H7ClN4O. The Labute approximate surface area is 79.9 Å². The van der Waals surface area contributed by atoms with E-state index < -0.39 is 0 Å². The Hall–Kier alpha value is -1.45. The number of aromatic nitrogens is 1. The van der Waals surface area contributed by atoms with Crippen molar-refractivity contribution in [2.75, 3.05) is 6.61 Å². The molecule has 1 aromatic rings. The first-order valence-corrected chi connectivity index (χ1v) is 3.99. The van der Waals surface area contributed by atoms with Crippen molar-refractivity contribution in [3.8, 4) is 5.88 Å². The first-order valence-electron chi connectivity index (χ1n) is 3.61. The van der Waals surface area contributed by atoms with Crippen molar-refractivity contribution in [3.05, 3.63) is 27.7 Å². The second kappa shape index (κ2) is 4.54. The minimum absolute atomic E-state index is 0.340. The average Bonchev–Trinajstić information content (AvgIpc) is 2.10. The van der Waals surface area contributed by atoms with Gasteiger partial charge >= 0.3 is 0 Å². The van der Waals surface area contributed by atoms with Crippen LogP contribution in [0.25, 0.3) is 10.4 Å². The van der Waals surface area contributed by atoms with E-state index >= 15 is 0 Å². The molecule has 0 radical (unpaired) electrons. The summed E-state index contributed by atoms with van der Waals surface area (Å²) < 4.78 is 5.09. The summed E-state index contributed by atoms with van der Waals surface area (Å²) in [6.07, 6.45) is 1.40. The van der Waals surface area contributed by atoms with E-state index in [0.29, 0.717) is 23.2 Å². The van der Waals surface area contributed by atoms with E-state index in [-0.39, 0.29) is 0 Å². The summed E-state index contributed by atoms with van der Waals surface area (Å²) in [6.45, 7) is 2.33. The predicted molar refractivity (Wildman–Crippen MR) is 49.2 cm³/mol. The zero-order chi connectivity index (χ0) is 9.68. The third kappa shape index (κ3) is 2.50. The minimum Gasteiger partial charge on any atom is -0.477 e. The number of hydrogen-bond acceptors (Lipinski definition) is 3. The number of rotatable bonds is 3. The van der Waals surface area contributed by atoms with Gasteiger partial charge in [-0.3, -0.25) is 0 Å². The number of halogens is 1. The Bertz CT molecular complexity index is 348. The van der Waals surface area contributed by atoms with E-state index in [1.807, 2.05) is 6.92 Å². The lowest BCUT2D eigenvalue weighted by Crippen LogP contribution is -1.94. The van der Waals surface area contributed by atoms with E-state index in [4.69, 9.17) is 21.9 Å². The van der Waals surface area contributed by atoms with E-state index in [1.54, 1.807) is 0 Å². The molecular weight excluding hydrogens is 192 g/mol. The highest BCUT2D eigenvalue weighted by atomic mass is 35.5. The van der Waals surface area contributed by atoms with Crippen molar-refractivity contribution < 1.29 is 4.74 Å². The Morgan fingerprint density at radius 1 is 1.77 bits per heavy atom. The van der Waals surface area contributed by atoms with Crippen molar-refractivity contribution in [1.29, 1.82) is 0 Å². The number of nitrogens with zero attached hydrogens (tertiary/aromatic N) is 4. The zero-order valence-electron chi connectivity index (χ0n) is 6.94. The van der Waals surface area contributed by atoms with Crippen LogP contribution in [0.1, 0.15) is 6.92 Å². The predicted octanol–water partition coefficient (Wildman–Crippen LogP) is 3.08. The standard InChI is InChI=1S/C7H7ClN4O/c1-2-13-7-6(8)3-5(4-10-7)11-12-9/h3-4H,2H2,1H3. The van der Waals surface area contributed by atoms with Crippen molar-refractivity contribution >= 4 is 17.3 Å². The number of ether oxygens (including phenoxy) is 1. The molecule has 0 fully saturated rings. The molecule has 1 aromatic heterocycles. The SMILES string of the molecule is CCOc1ncc(N=[N+]=[N-])cc1Cl. The fraction of sp³-hybridized carbons (Fsp3) is 0.286. The highest BCUT2D eigenvalue weighted by Gasteiger charge is 2.02. The van der Waals surface area contributed by atoms with E-state index in [2.05, 4.69) is 15.0 Å². The molecule has 0 saturated carbocycles. The molecule has 0 amide bonds. The molecule has 0 bridgehead atoms. The summed E-state index contributed by atoms with van der Waals surface area (Å²) in [5.74, 6) is 0.348. The Morgan fingerprint density at radius 2 is 2.54 bits per heavy atom. The molecule has 5 nitrogen and oxygen atoms in total. The van der Waals surface area contributed by atoms with Gasteiger partial charge in [-0.25, -0.2) is 4.98 Å². The Kier molecular flexibility index (Phi) is 3.37. The molecule has 68 valence electrons. The molecule has 0 spiro atoms. The minimum atomic E-state index is 0.340. The van der Waals surface area contributed by atoms with Gasteiger partial charge in [0.05, 0.1) is 12.3 Å². The lowest BCUT2D eigenvalue weighted by atomic mass is 10.4. The molecule has 0 unspecified atom stereocenters. The quantitative estimate of drug-likeness (QED) is 0.425. The van der Waals surface area contributed by atoms with Gasteiger partial charge in [-0.15, -0.1) is 0 Å². The molecule has 0 aliphatic heterocycles. The summed E-state index contributed by atoms with van der Waals surface area (Å²) in [4.78, 5) is 6.48. The average molecular weight is 199 g/mol. The van der Waals surface area contributed by atoms with Crippen molar-refractivity contribution in [1.82, 2.24) is 4.98 Å². The first kappa shape index (κ1) is 9.64. The molecule has 6 heteroatoms. The summed E-state index contributed by atoms with van der Waals surface area (Å²) in [7, 11) is 0. The Balaban J connectivity index is 2.97. The van der Waals surface area contributed by atoms with Crippen molar-refractivity contribution in [2.45, 2.75) is 6.92 Å². The molecule has 0 saturated heterocycles. The largest absolute Gasteiger partial charge is 0.477 e. The summed E-state index contributed by atoms with van der Waals surface area (Å²) in [6, 6.07) is 1.50. The second-order valence-electron chi connectivity index (χ2n) is 2.10. The number of azide groups is 1. The van der Waals surface area contributed by atoms with Gasteiger partial charge in [-0.05, 0) is 18.5 Å². The summed E-state index contributed by atoms with van der Waals surface area (Å²) in [5, 5.41) is 3.69. The van der Waals surface area contributed by atoms with Gasteiger partial charge in [0.25, 0.3) is 0 Å². The van der Waals surface area contributed by atoms with Gasteiger partial charge in [0, 0.05) is 11.1 Å². The van der Waals surface area contributed by atoms with Gasteiger partial charge in [0.15, 0.2) is 0 Å². The normalized spacial score (nSPS) is 9.08. The number of pyridine rings is 1. The van der Waals surface area contributed by atoms with Crippen LogP contribution >= 0.6 is 11.6 Å². The summed E-state index contributed by atoms with van der Waals surface area (Å²) in [5.41, 5.74) is 8.51. The molecule has 0 aromatic carbocycles. The molecule has 0 aliphatic carbocycles. The van der Waals surface area contributed by atoms with Crippen LogP contribution in [-0.2, 0) is 0 Å². The highest BCUT2D eigenvalue weighted by Crippen LogP contribution is 2.25. The molecule has 0 N–H and O–H groups in total. The van der Waals surface area contributed by atoms with Crippen LogP contribution in [0, 0.1) is 0 Å². The van der Waals surface area contributed by atoms with Crippen molar-refractivity contribution in [3.63, 3.8) is 0 Å². The van der Waals surface area contributed by atoms with E-state index in [1.165, 1.54) is 12.3 Å². The van der Waals surface area contributed by atoms with Crippen LogP contribution in [0.3, 0.4) is 0 Å². The van der Waals surface area contributed by atoms with Gasteiger partial charge in [0.1, 0.15) is 5.02 Å². The lowest BCUT2D eigenvalue weighted by Gasteiger charge is -2.03. The highest BCUT2D eigenvalue weighted by molar-refractivity contribution is 6.32. The van der Waals surface area contributed by atoms with Gasteiger partial charge in [0.2, 0.25) is 5.88 Å². The first-order chi connectivity index (χ1) is 6.27. The van der Waals surface area contributed by atoms with Crippen LogP contribution < -0.4 is 4.74 Å². The second-order valence-corrected chi connectivity index (χ2v) is 2.51. The van der Waals surface area contributed by atoms with Crippen LogP contribution in [0.4, 0.5) is 5.69 Å². The fourth-order valence-electron chi connectivity index (χ4n) is 0.765. The Morgan fingerprint density at radius 3 is 3.08 bits per heavy atom. The zero-order valence-corrected chi connectivity index (χ0v) is 7.69. The fourth-order valence-corrected chi connectivity index (χ4v) is 0.980. The van der Waals surface area contributed by atoms with Crippen LogP contribution in [0.5, 0.6) is 5.88 Å². The third-order valence-corrected chi connectivity index (χ3v) is 1.51. The smallest absolute Gasteiger partial charge is 0.232 e. The van der Waals surface area contributed by atoms with Crippen molar-refractivity contribution in [2.24, 2.45) is 5.11 Å². The molecule has 1 heterocycles. The molecule has 0 atom stereocenters. The third-order valence-electron chi connectivity index (χ3n) is 1.23. The number of hydrogen-bond donors (Lipinski definition) is 0. The van der Waals surface area contributed by atoms with Gasteiger partial charge in [-0.2, -0.15) is 0 Å². The van der Waals surface area contributed by atoms with E-state index in [0.717, 1.165) is 0 Å².